The van der Waals surface area contributed by atoms with Crippen molar-refractivity contribution in [3.63, 3.8) is 0 Å². The highest BCUT2D eigenvalue weighted by molar-refractivity contribution is 7.19. The van der Waals surface area contributed by atoms with Crippen LogP contribution < -0.4 is 21.1 Å². The molecule has 1 aromatic rings. The highest BCUT2D eigenvalue weighted by Gasteiger charge is 2.36. The molecule has 0 saturated heterocycles. The lowest BCUT2D eigenvalue weighted by atomic mass is 10.3. The van der Waals surface area contributed by atoms with Crippen LogP contribution >= 0.6 is 11.3 Å². The van der Waals surface area contributed by atoms with Crippen LogP contribution in [0.15, 0.2) is 0 Å². The van der Waals surface area contributed by atoms with E-state index in [1.165, 1.54) is 24.2 Å². The Balaban J connectivity index is 2.21. The van der Waals surface area contributed by atoms with Gasteiger partial charge in [-0.2, -0.15) is 0 Å². The third-order valence-corrected chi connectivity index (χ3v) is 4.42. The largest absolute Gasteiger partial charge is 0.492 e. The van der Waals surface area contributed by atoms with Gasteiger partial charge in [-0.15, -0.1) is 11.3 Å². The number of hydrogen-bond donors (Lipinski definition) is 3. The Morgan fingerprint density at radius 3 is 2.83 bits per heavy atom. The summed E-state index contributed by atoms with van der Waals surface area (Å²) in [6, 6.07) is 0.486. The van der Waals surface area contributed by atoms with Crippen molar-refractivity contribution in [1.82, 2.24) is 5.32 Å². The quantitative estimate of drug-likeness (QED) is 0.763. The van der Waals surface area contributed by atoms with Crippen molar-refractivity contribution in [2.24, 2.45) is 5.92 Å². The number of hydrogen-bond acceptors (Lipinski definition) is 5. The Morgan fingerprint density at radius 1 is 1.61 bits per heavy atom. The average Bonchev–Trinajstić information content (AvgIpc) is 3.05. The van der Waals surface area contributed by atoms with Crippen molar-refractivity contribution < 1.29 is 9.53 Å². The first-order valence-electron chi connectivity index (χ1n) is 6.07. The molecule has 18 heavy (non-hydrogen) atoms. The lowest BCUT2D eigenvalue weighted by Gasteiger charge is -2.05. The van der Waals surface area contributed by atoms with Crippen LogP contribution in [0.1, 0.15) is 29.4 Å². The number of carbonyl (C=O) groups excluding carboxylic acids is 1. The molecule has 0 radical (unpaired) electrons. The molecule has 0 aromatic carbocycles. The molecular weight excluding hydrogens is 250 g/mol. The van der Waals surface area contributed by atoms with Crippen LogP contribution in [0, 0.1) is 5.92 Å². The molecule has 1 saturated carbocycles. The predicted molar refractivity (Wildman–Crippen MR) is 74.5 cm³/mol. The van der Waals surface area contributed by atoms with E-state index in [0.717, 1.165) is 10.9 Å². The Bertz CT molecular complexity index is 458. The number of amides is 1. The molecule has 0 bridgehead atoms. The minimum absolute atomic E-state index is 0.174. The van der Waals surface area contributed by atoms with E-state index in [0.29, 0.717) is 22.4 Å². The van der Waals surface area contributed by atoms with Gasteiger partial charge in [-0.3, -0.25) is 4.79 Å². The predicted octanol–water partition coefficient (Wildman–Crippen LogP) is 1.91. The first kappa shape index (κ1) is 13.0. The molecule has 2 unspecified atom stereocenters. The van der Waals surface area contributed by atoms with Gasteiger partial charge in [0.25, 0.3) is 5.91 Å². The van der Waals surface area contributed by atoms with Crippen molar-refractivity contribution in [1.29, 1.82) is 0 Å². The molecule has 1 aliphatic rings. The van der Waals surface area contributed by atoms with Crippen molar-refractivity contribution in [3.05, 3.63) is 4.88 Å². The van der Waals surface area contributed by atoms with Crippen molar-refractivity contribution in [2.45, 2.75) is 25.8 Å². The second-order valence-corrected chi connectivity index (χ2v) is 5.46. The number of nitrogens with two attached hydrogens (primary N) is 1. The van der Waals surface area contributed by atoms with Crippen LogP contribution in [-0.4, -0.2) is 26.1 Å². The Hall–Kier alpha value is -1.43. The summed E-state index contributed by atoms with van der Waals surface area (Å²) in [5, 5.41) is 6.85. The highest BCUT2D eigenvalue weighted by atomic mass is 32.1. The molecule has 1 aromatic heterocycles. The van der Waals surface area contributed by atoms with Crippen LogP contribution in [0.4, 0.5) is 10.7 Å². The van der Waals surface area contributed by atoms with Gasteiger partial charge < -0.3 is 21.1 Å². The zero-order valence-corrected chi connectivity index (χ0v) is 11.7. The van der Waals surface area contributed by atoms with Crippen LogP contribution in [0.3, 0.4) is 0 Å². The van der Waals surface area contributed by atoms with E-state index >= 15 is 0 Å². The van der Waals surface area contributed by atoms with E-state index in [1.807, 2.05) is 0 Å². The molecule has 0 spiro atoms. The SMILES string of the molecule is CCC1CC1Nc1sc(C(=O)NC)c(N)c1OC. The summed E-state index contributed by atoms with van der Waals surface area (Å²) in [4.78, 5) is 12.2. The fourth-order valence-corrected chi connectivity index (χ4v) is 3.15. The summed E-state index contributed by atoms with van der Waals surface area (Å²) in [7, 11) is 3.16. The standard InChI is InChI=1S/C12H19N3O2S/c1-4-6-5-7(6)15-12-9(17-3)8(13)10(18-12)11(16)14-2/h6-7,15H,4-5,13H2,1-3H3,(H,14,16). The molecule has 1 fully saturated rings. The minimum atomic E-state index is -0.174. The fraction of sp³-hybridized carbons (Fsp3) is 0.583. The summed E-state index contributed by atoms with van der Waals surface area (Å²) >= 11 is 1.35. The summed E-state index contributed by atoms with van der Waals surface area (Å²) in [5.74, 6) is 1.13. The molecule has 1 aliphatic carbocycles. The van der Waals surface area contributed by atoms with Crippen molar-refractivity contribution >= 4 is 27.9 Å². The van der Waals surface area contributed by atoms with Crippen molar-refractivity contribution in [3.8, 4) is 5.75 Å². The van der Waals surface area contributed by atoms with Gasteiger partial charge in [0.15, 0.2) is 5.75 Å². The van der Waals surface area contributed by atoms with Gasteiger partial charge in [0.2, 0.25) is 0 Å². The molecule has 6 heteroatoms. The number of rotatable bonds is 5. The van der Waals surface area contributed by atoms with E-state index in [2.05, 4.69) is 17.6 Å². The monoisotopic (exact) mass is 269 g/mol. The van der Waals surface area contributed by atoms with Crippen LogP contribution in [-0.2, 0) is 0 Å². The molecule has 5 nitrogen and oxygen atoms in total. The van der Waals surface area contributed by atoms with Crippen LogP contribution in [0.5, 0.6) is 5.75 Å². The lowest BCUT2D eigenvalue weighted by molar-refractivity contribution is 0.0967. The molecule has 1 amide bonds. The molecule has 4 N–H and O–H groups in total. The summed E-state index contributed by atoms with van der Waals surface area (Å²) in [6.07, 6.45) is 2.34. The molecule has 1 heterocycles. The number of nitrogens with one attached hydrogen (secondary N) is 2. The summed E-state index contributed by atoms with van der Waals surface area (Å²) in [6.45, 7) is 2.18. The first-order valence-corrected chi connectivity index (χ1v) is 6.88. The smallest absolute Gasteiger partial charge is 0.263 e. The highest BCUT2D eigenvalue weighted by Crippen LogP contribution is 2.46. The Labute approximate surface area is 111 Å². The van der Waals surface area contributed by atoms with Gasteiger partial charge in [-0.25, -0.2) is 0 Å². The molecule has 100 valence electrons. The molecular formula is C12H19N3O2S. The van der Waals surface area contributed by atoms with Gasteiger partial charge in [0.1, 0.15) is 15.6 Å². The Morgan fingerprint density at radius 2 is 2.33 bits per heavy atom. The maximum absolute atomic E-state index is 11.7. The van der Waals surface area contributed by atoms with Gasteiger partial charge in [0, 0.05) is 13.1 Å². The number of nitrogen functional groups attached to an aromatic ring is 1. The number of ether oxygens (including phenoxy) is 1. The third-order valence-electron chi connectivity index (χ3n) is 3.30. The van der Waals surface area contributed by atoms with E-state index in [4.69, 9.17) is 10.5 Å². The second kappa shape index (κ2) is 5.06. The van der Waals surface area contributed by atoms with Gasteiger partial charge >= 0.3 is 0 Å². The van der Waals surface area contributed by atoms with E-state index in [1.54, 1.807) is 14.2 Å². The number of anilines is 2. The number of carbonyl (C=O) groups is 1. The van der Waals surface area contributed by atoms with Crippen LogP contribution in [0.2, 0.25) is 0 Å². The first-order chi connectivity index (χ1) is 8.62. The topological polar surface area (TPSA) is 76.4 Å². The van der Waals surface area contributed by atoms with E-state index in [9.17, 15) is 4.79 Å². The molecule has 0 aliphatic heterocycles. The maximum atomic E-state index is 11.7. The summed E-state index contributed by atoms with van der Waals surface area (Å²) in [5.41, 5.74) is 6.35. The molecule has 2 rings (SSSR count). The zero-order chi connectivity index (χ0) is 13.3. The minimum Gasteiger partial charge on any atom is -0.492 e. The summed E-state index contributed by atoms with van der Waals surface area (Å²) < 4.78 is 5.29. The van der Waals surface area contributed by atoms with Gasteiger partial charge in [-0.05, 0) is 12.3 Å². The van der Waals surface area contributed by atoms with Gasteiger partial charge in [0.05, 0.1) is 7.11 Å². The second-order valence-electron chi connectivity index (χ2n) is 4.44. The maximum Gasteiger partial charge on any atom is 0.263 e. The number of methoxy groups -OCH3 is 1. The normalized spacial score (nSPS) is 21.5. The van der Waals surface area contributed by atoms with Gasteiger partial charge in [-0.1, -0.05) is 13.3 Å². The zero-order valence-electron chi connectivity index (χ0n) is 10.9. The lowest BCUT2D eigenvalue weighted by Crippen LogP contribution is -2.17. The Kier molecular flexibility index (Phi) is 3.65. The molecule has 2 atom stereocenters. The third kappa shape index (κ3) is 2.25. The fourth-order valence-electron chi connectivity index (χ4n) is 2.05. The van der Waals surface area contributed by atoms with E-state index < -0.39 is 0 Å². The van der Waals surface area contributed by atoms with Crippen molar-refractivity contribution in [2.75, 3.05) is 25.2 Å². The van der Waals surface area contributed by atoms with Crippen LogP contribution in [0.25, 0.3) is 0 Å². The average molecular weight is 269 g/mol. The number of thiophene rings is 1. The van der Waals surface area contributed by atoms with E-state index in [-0.39, 0.29) is 5.91 Å².